The Kier molecular flexibility index (Phi) is 17.0. The molecule has 1 saturated heterocycles. The summed E-state index contributed by atoms with van der Waals surface area (Å²) in [6.45, 7) is 14.8. The number of nitrogens with two attached hydrogens (primary N) is 3. The van der Waals surface area contributed by atoms with Crippen LogP contribution in [-0.4, -0.2) is 139 Å². The molecule has 1 aliphatic rings. The number of carbonyl (C=O) groups excluding carboxylic acids is 5. The maximum atomic E-state index is 13.9. The predicted octanol–water partition coefficient (Wildman–Crippen LogP) is 4.04. The maximum absolute atomic E-state index is 13.9. The number of ether oxygens (including phenoxy) is 3. The number of methoxy groups -OCH3 is 1. The van der Waals surface area contributed by atoms with Crippen LogP contribution in [0.4, 0.5) is 11.9 Å². The number of morpholine rings is 1. The van der Waals surface area contributed by atoms with Crippen LogP contribution < -0.4 is 37.3 Å². The summed E-state index contributed by atoms with van der Waals surface area (Å²) in [6, 6.07) is 7.24. The molecule has 1 fully saturated rings. The first-order valence-electron chi connectivity index (χ1n) is 24.4. The number of rotatable bonds is 23. The number of nitrogens with one attached hydrogen (secondary N) is 2. The zero-order valence-corrected chi connectivity index (χ0v) is 42.7. The Labute approximate surface area is 422 Å². The van der Waals surface area contributed by atoms with E-state index in [0.29, 0.717) is 121 Å². The Hall–Kier alpha value is -7.63. The number of carbonyl (C=O) groups is 5. The van der Waals surface area contributed by atoms with Gasteiger partial charge in [0.1, 0.15) is 28.2 Å². The van der Waals surface area contributed by atoms with E-state index < -0.39 is 29.7 Å². The summed E-state index contributed by atoms with van der Waals surface area (Å²) < 4.78 is 29.0. The fourth-order valence-corrected chi connectivity index (χ4v) is 8.93. The molecular formula is C50H66N14O9. The topological polar surface area (TPSA) is 301 Å². The minimum Gasteiger partial charge on any atom is -0.494 e. The normalized spacial score (nSPS) is 14.5. The first-order valence-corrected chi connectivity index (χ1v) is 24.4. The molecule has 6 aromatic rings. The molecule has 390 valence electrons. The molecule has 0 bridgehead atoms. The second-order valence-electron chi connectivity index (χ2n) is 18.4. The van der Waals surface area contributed by atoms with E-state index in [1.54, 1.807) is 44.7 Å². The smallest absolute Gasteiger partial charge is 0.295 e. The average molecular weight is 1010 g/mol. The number of anilines is 2. The Balaban J connectivity index is 1.17. The number of amides is 5. The number of hydrogen-bond donors (Lipinski definition) is 5. The summed E-state index contributed by atoms with van der Waals surface area (Å²) >= 11 is 0. The molecule has 7 rings (SSSR count). The number of aromatic nitrogens is 7. The lowest BCUT2D eigenvalue weighted by Crippen LogP contribution is -2.53. The summed E-state index contributed by atoms with van der Waals surface area (Å²) in [4.78, 5) is 83.5. The molecule has 8 N–H and O–H groups in total. The Bertz CT molecular complexity index is 3040. The van der Waals surface area contributed by atoms with Crippen LogP contribution in [0.5, 0.6) is 11.5 Å². The number of fused-ring (bicyclic) bond motifs is 2. The third-order valence-electron chi connectivity index (χ3n) is 12.3. The van der Waals surface area contributed by atoms with Gasteiger partial charge in [0.15, 0.2) is 5.89 Å². The van der Waals surface area contributed by atoms with Gasteiger partial charge in [-0.25, -0.2) is 15.0 Å². The highest BCUT2D eigenvalue weighted by Gasteiger charge is 2.29. The van der Waals surface area contributed by atoms with Crippen LogP contribution in [0.1, 0.15) is 99.6 Å². The summed E-state index contributed by atoms with van der Waals surface area (Å²) in [5, 5.41) is 10.2. The minimum absolute atomic E-state index is 0.0346. The quantitative estimate of drug-likeness (QED) is 0.0447. The number of oxazole rings is 1. The van der Waals surface area contributed by atoms with Crippen molar-refractivity contribution < 1.29 is 42.6 Å². The van der Waals surface area contributed by atoms with E-state index >= 15 is 0 Å². The van der Waals surface area contributed by atoms with Gasteiger partial charge in [-0.2, -0.15) is 5.10 Å². The van der Waals surface area contributed by atoms with Crippen molar-refractivity contribution >= 4 is 63.5 Å². The van der Waals surface area contributed by atoms with Crippen molar-refractivity contribution in [3.63, 3.8) is 0 Å². The van der Waals surface area contributed by atoms with Gasteiger partial charge < -0.3 is 54.8 Å². The lowest BCUT2D eigenvalue weighted by atomic mass is 10.0. The monoisotopic (exact) mass is 1010 g/mol. The molecule has 1 aliphatic heterocycles. The van der Waals surface area contributed by atoms with Gasteiger partial charge in [0, 0.05) is 63.9 Å². The van der Waals surface area contributed by atoms with E-state index in [1.165, 1.54) is 25.3 Å². The molecule has 4 aromatic heterocycles. The number of aryl methyl sites for hydroxylation is 4. The molecule has 2 atom stereocenters. The van der Waals surface area contributed by atoms with E-state index in [2.05, 4.69) is 25.6 Å². The van der Waals surface area contributed by atoms with Gasteiger partial charge in [0.05, 0.1) is 54.9 Å². The lowest BCUT2D eigenvalue weighted by Gasteiger charge is -2.36. The summed E-state index contributed by atoms with van der Waals surface area (Å²) in [6.07, 6.45) is 5.08. The number of likely N-dealkylation sites (N-methyl/N-ethyl adjacent to an activating group) is 1. The van der Waals surface area contributed by atoms with Crippen LogP contribution in [-0.2, 0) is 35.6 Å². The molecule has 5 amide bonds. The molecule has 0 saturated carbocycles. The van der Waals surface area contributed by atoms with Crippen molar-refractivity contribution in [1.29, 1.82) is 0 Å². The summed E-state index contributed by atoms with van der Waals surface area (Å²) in [5.74, 6) is -0.957. The van der Waals surface area contributed by atoms with Gasteiger partial charge in [-0.3, -0.25) is 39.3 Å². The molecule has 23 heteroatoms. The Morgan fingerprint density at radius 2 is 1.51 bits per heavy atom. The van der Waals surface area contributed by atoms with Crippen LogP contribution in [0.25, 0.3) is 22.1 Å². The molecule has 5 heterocycles. The van der Waals surface area contributed by atoms with E-state index in [4.69, 9.17) is 45.8 Å². The van der Waals surface area contributed by atoms with Crippen molar-refractivity contribution in [2.75, 3.05) is 64.2 Å². The number of hydrogen-bond acceptors (Lipinski definition) is 15. The van der Waals surface area contributed by atoms with E-state index in [0.717, 1.165) is 0 Å². The molecule has 73 heavy (non-hydrogen) atoms. The number of imidazole rings is 2. The molecule has 0 radical (unpaired) electrons. The van der Waals surface area contributed by atoms with Gasteiger partial charge in [-0.1, -0.05) is 32.9 Å². The zero-order chi connectivity index (χ0) is 52.7. The van der Waals surface area contributed by atoms with E-state index in [-0.39, 0.29) is 60.5 Å². The standard InChI is InChI=1S/C50H66N14O9/c1-9-35-43(73-30(6)54-35)47(68)58-50-56-37-23-32(45(53)66)25-40(72-18-13-14-60(7)26-33-27-61(17-19-71-33)48(69)34(51)20-28(3)4)42(37)63(50)16-12-11-15-62-41-36(22-31(44(52)65)24-39(41)70-8)55-49(62)57-46(67)38-21-29(5)59-64(38)10-2/h11-12,21-25,28,33-34H,9-10,13-20,26-27,51H2,1-8H3,(H2,52,65)(H2,53,66)(H,55,57,67)(H,56,58,68)/b12-11+. The number of benzene rings is 2. The highest BCUT2D eigenvalue weighted by atomic mass is 16.5. The second-order valence-corrected chi connectivity index (χ2v) is 18.4. The first-order chi connectivity index (χ1) is 34.9. The number of allylic oxidation sites excluding steroid dienone is 2. The highest BCUT2D eigenvalue weighted by molar-refractivity contribution is 6.05. The van der Waals surface area contributed by atoms with Gasteiger partial charge in [-0.15, -0.1) is 0 Å². The van der Waals surface area contributed by atoms with Crippen molar-refractivity contribution in [3.05, 3.63) is 82.3 Å². The molecular weight excluding hydrogens is 941 g/mol. The molecule has 2 aromatic carbocycles. The predicted molar refractivity (Wildman–Crippen MR) is 273 cm³/mol. The molecule has 0 spiro atoms. The fourth-order valence-electron chi connectivity index (χ4n) is 8.93. The van der Waals surface area contributed by atoms with E-state index in [9.17, 15) is 24.0 Å². The highest BCUT2D eigenvalue weighted by Crippen LogP contribution is 2.33. The van der Waals surface area contributed by atoms with Gasteiger partial charge in [0.2, 0.25) is 35.4 Å². The van der Waals surface area contributed by atoms with Crippen molar-refractivity contribution in [2.24, 2.45) is 23.1 Å². The second kappa shape index (κ2) is 23.3. The fraction of sp³-hybridized carbons (Fsp3) is 0.460. The van der Waals surface area contributed by atoms with Crippen LogP contribution in [0.3, 0.4) is 0 Å². The number of nitrogens with zero attached hydrogens (tertiary/aromatic N) is 9. The van der Waals surface area contributed by atoms with Crippen molar-refractivity contribution in [3.8, 4) is 11.5 Å². The van der Waals surface area contributed by atoms with Crippen molar-refractivity contribution in [1.82, 2.24) is 43.7 Å². The van der Waals surface area contributed by atoms with Gasteiger partial charge >= 0.3 is 0 Å². The molecule has 2 unspecified atom stereocenters. The Morgan fingerprint density at radius 1 is 0.890 bits per heavy atom. The zero-order valence-electron chi connectivity index (χ0n) is 42.7. The van der Waals surface area contributed by atoms with Crippen molar-refractivity contribution in [2.45, 2.75) is 92.6 Å². The van der Waals surface area contributed by atoms with Gasteiger partial charge in [0.25, 0.3) is 11.8 Å². The van der Waals surface area contributed by atoms with Crippen LogP contribution in [0.15, 0.2) is 46.9 Å². The summed E-state index contributed by atoms with van der Waals surface area (Å²) in [5.41, 5.74) is 21.1. The SMILES string of the molecule is CCc1nc(C)oc1C(=O)Nc1nc2cc(C(N)=O)cc(OCCCN(C)CC3CN(C(=O)C(N)CC(C)C)CCO3)c2n1C/C=C/Cn1c(NC(=O)c2cc(C)nn2CC)nc2cc(C(N)=O)cc(OC)c21. The largest absolute Gasteiger partial charge is 0.494 e. The molecule has 0 aliphatic carbocycles. The lowest BCUT2D eigenvalue weighted by molar-refractivity contribution is -0.141. The Morgan fingerprint density at radius 3 is 2.10 bits per heavy atom. The maximum Gasteiger partial charge on any atom is 0.295 e. The third kappa shape index (κ3) is 12.4. The minimum atomic E-state index is -0.704. The average Bonchev–Trinajstić information content (AvgIpc) is 4.12. The van der Waals surface area contributed by atoms with Crippen LogP contribution in [0, 0.1) is 19.8 Å². The number of primary amides is 2. The summed E-state index contributed by atoms with van der Waals surface area (Å²) in [7, 11) is 3.42. The van der Waals surface area contributed by atoms with Gasteiger partial charge in [-0.05, 0) is 76.4 Å². The van der Waals surface area contributed by atoms with Crippen LogP contribution in [0.2, 0.25) is 0 Å². The van der Waals surface area contributed by atoms with E-state index in [1.807, 2.05) is 46.9 Å². The first kappa shape index (κ1) is 53.2. The molecule has 23 nitrogen and oxygen atoms in total. The third-order valence-corrected chi connectivity index (χ3v) is 12.3. The van der Waals surface area contributed by atoms with Crippen LogP contribution >= 0.6 is 0 Å².